The molecule has 0 aliphatic rings. The molecule has 0 spiro atoms. The van der Waals surface area contributed by atoms with Gasteiger partial charge in [0, 0.05) is 0 Å². The fraction of sp³-hybridized carbons (Fsp3) is 0. The molecule has 0 aliphatic heterocycles. The van der Waals surface area contributed by atoms with Crippen molar-refractivity contribution in [3.8, 4) is 0 Å². The van der Waals surface area contributed by atoms with Crippen LogP contribution in [-0.4, -0.2) is 81.0 Å². The second-order valence-electron chi connectivity index (χ2n) is 0. The van der Waals surface area contributed by atoms with Gasteiger partial charge in [0.2, 0.25) is 0 Å². The molecule has 0 aliphatic carbocycles. The third-order valence-electron chi connectivity index (χ3n) is 0. The van der Waals surface area contributed by atoms with E-state index in [-0.39, 0.29) is 93.4 Å². The van der Waals surface area contributed by atoms with Gasteiger partial charge in [0.15, 0.2) is 0 Å². The van der Waals surface area contributed by atoms with Crippen LogP contribution in [0.2, 0.25) is 0 Å². The SMILES string of the molecule is [Ca+2].[Ca+2].[Cl-].[OH-]. The number of hydrogen-bond donors (Lipinski definition) is 0. The topological polar surface area (TPSA) is 30.0 Å². The molecule has 0 unspecified atom stereocenters. The van der Waals surface area contributed by atoms with Gasteiger partial charge in [0.05, 0.1) is 0 Å². The Morgan fingerprint density at radius 1 is 0.750 bits per heavy atom. The van der Waals surface area contributed by atoms with Crippen LogP contribution in [0.25, 0.3) is 0 Å². The van der Waals surface area contributed by atoms with Gasteiger partial charge in [-0.1, -0.05) is 0 Å². The van der Waals surface area contributed by atoms with Crippen molar-refractivity contribution in [3.05, 3.63) is 0 Å². The van der Waals surface area contributed by atoms with Crippen molar-refractivity contribution in [1.29, 1.82) is 0 Å². The van der Waals surface area contributed by atoms with Crippen molar-refractivity contribution in [1.82, 2.24) is 0 Å². The van der Waals surface area contributed by atoms with E-state index >= 15 is 0 Å². The maximum absolute atomic E-state index is 0. The van der Waals surface area contributed by atoms with Crippen molar-refractivity contribution in [2.45, 2.75) is 0 Å². The Balaban J connectivity index is 0. The quantitative estimate of drug-likeness (QED) is 0.310. The summed E-state index contributed by atoms with van der Waals surface area (Å²) in [5.41, 5.74) is 0. The van der Waals surface area contributed by atoms with E-state index in [1.54, 1.807) is 0 Å². The molecule has 1 nitrogen and oxygen atoms in total. The molecule has 4 heavy (non-hydrogen) atoms. The first-order valence-electron chi connectivity index (χ1n) is 0. The first kappa shape index (κ1) is 29.4. The van der Waals surface area contributed by atoms with Crippen molar-refractivity contribution in [2.24, 2.45) is 0 Å². The molecule has 0 saturated carbocycles. The van der Waals surface area contributed by atoms with Crippen LogP contribution in [0.4, 0.5) is 0 Å². The molecule has 16 valence electrons. The van der Waals surface area contributed by atoms with Crippen molar-refractivity contribution in [2.75, 3.05) is 0 Å². The van der Waals surface area contributed by atoms with E-state index in [0.29, 0.717) is 0 Å². The molecule has 0 heterocycles. The van der Waals surface area contributed by atoms with Crippen LogP contribution in [0, 0.1) is 0 Å². The van der Waals surface area contributed by atoms with Crippen LogP contribution in [-0.2, 0) is 0 Å². The maximum Gasteiger partial charge on any atom is 2.00 e. The second-order valence-corrected chi connectivity index (χ2v) is 0. The van der Waals surface area contributed by atoms with Gasteiger partial charge in [-0.15, -0.1) is 0 Å². The third-order valence-corrected chi connectivity index (χ3v) is 0. The van der Waals surface area contributed by atoms with Crippen LogP contribution >= 0.6 is 0 Å². The van der Waals surface area contributed by atoms with Gasteiger partial charge in [-0.05, 0) is 0 Å². The predicted molar refractivity (Wildman–Crippen MR) is 13.4 cm³/mol. The molecule has 0 aromatic heterocycles. The molecule has 0 bridgehead atoms. The molecule has 4 heteroatoms. The molecule has 0 radical (unpaired) electrons. The summed E-state index contributed by atoms with van der Waals surface area (Å²) in [4.78, 5) is 0. The molecule has 0 aromatic rings. The normalized spacial score (nSPS) is 0. The zero-order valence-corrected chi connectivity index (χ0v) is 7.41. The maximum atomic E-state index is 0. The monoisotopic (exact) mass is 132 g/mol. The summed E-state index contributed by atoms with van der Waals surface area (Å²) >= 11 is 0. The summed E-state index contributed by atoms with van der Waals surface area (Å²) in [5, 5.41) is 0. The fourth-order valence-corrected chi connectivity index (χ4v) is 0. The summed E-state index contributed by atoms with van der Waals surface area (Å²) in [6.45, 7) is 0. The van der Waals surface area contributed by atoms with Gasteiger partial charge in [-0.3, -0.25) is 0 Å². The van der Waals surface area contributed by atoms with E-state index in [2.05, 4.69) is 0 Å². The van der Waals surface area contributed by atoms with Gasteiger partial charge in [-0.25, -0.2) is 0 Å². The van der Waals surface area contributed by atoms with E-state index in [9.17, 15) is 0 Å². The van der Waals surface area contributed by atoms with Crippen LogP contribution < -0.4 is 12.4 Å². The van der Waals surface area contributed by atoms with E-state index in [1.165, 1.54) is 0 Å². The number of hydrogen-bond acceptors (Lipinski definition) is 1. The Kier molecular flexibility index (Phi) is 126. The Morgan fingerprint density at radius 2 is 0.750 bits per heavy atom. The average Bonchev–Trinajstić information content (AvgIpc) is 0. The minimum atomic E-state index is 0. The largest absolute Gasteiger partial charge is 2.00 e. The second kappa shape index (κ2) is 17.1. The van der Waals surface area contributed by atoms with Gasteiger partial charge < -0.3 is 17.9 Å². The Bertz CT molecular complexity index is 6.00. The summed E-state index contributed by atoms with van der Waals surface area (Å²) in [7, 11) is 0. The molecular formula is HCa2ClO+2. The molecule has 1 N–H and O–H groups in total. The van der Waals surface area contributed by atoms with Crippen LogP contribution in [0.1, 0.15) is 0 Å². The van der Waals surface area contributed by atoms with Crippen LogP contribution in [0.5, 0.6) is 0 Å². The van der Waals surface area contributed by atoms with E-state index in [1.807, 2.05) is 0 Å². The Labute approximate surface area is 91.2 Å². The molecule has 0 fully saturated rings. The number of halogens is 1. The Hall–Kier alpha value is 2.77. The fourth-order valence-electron chi connectivity index (χ4n) is 0. The minimum Gasteiger partial charge on any atom is -1.00 e. The van der Waals surface area contributed by atoms with Crippen LogP contribution in [0.3, 0.4) is 0 Å². The smallest absolute Gasteiger partial charge is 1.00 e. The standard InChI is InChI=1S/2Ca.ClH.H2O/h;;1H;1H2/q2*+2;;/p-2. The van der Waals surface area contributed by atoms with Crippen molar-refractivity contribution < 1.29 is 17.9 Å². The van der Waals surface area contributed by atoms with Crippen LogP contribution in [0.15, 0.2) is 0 Å². The summed E-state index contributed by atoms with van der Waals surface area (Å²) < 4.78 is 0. The minimum absolute atomic E-state index is 0. The van der Waals surface area contributed by atoms with Gasteiger partial charge in [0.1, 0.15) is 0 Å². The van der Waals surface area contributed by atoms with Crippen molar-refractivity contribution in [3.63, 3.8) is 0 Å². The van der Waals surface area contributed by atoms with Gasteiger partial charge in [0.25, 0.3) is 0 Å². The summed E-state index contributed by atoms with van der Waals surface area (Å²) in [6.07, 6.45) is 0. The first-order valence-corrected chi connectivity index (χ1v) is 0. The molecule has 0 rings (SSSR count). The predicted octanol–water partition coefficient (Wildman–Crippen LogP) is -3.93. The zero-order chi connectivity index (χ0) is 0. The summed E-state index contributed by atoms with van der Waals surface area (Å²) in [5.74, 6) is 0. The van der Waals surface area contributed by atoms with Gasteiger partial charge in [-0.2, -0.15) is 0 Å². The zero-order valence-electron chi connectivity index (χ0n) is 2.24. The number of rotatable bonds is 0. The molecular weight excluding hydrogens is 132 g/mol. The summed E-state index contributed by atoms with van der Waals surface area (Å²) in [6, 6.07) is 0. The first-order chi connectivity index (χ1) is 0. The van der Waals surface area contributed by atoms with Crippen molar-refractivity contribution >= 4 is 75.5 Å². The third kappa shape index (κ3) is 8.84. The molecule has 0 atom stereocenters. The molecule has 0 amide bonds. The van der Waals surface area contributed by atoms with E-state index in [4.69, 9.17) is 0 Å². The Morgan fingerprint density at radius 3 is 0.750 bits per heavy atom. The van der Waals surface area contributed by atoms with E-state index in [0.717, 1.165) is 0 Å². The average molecular weight is 133 g/mol. The van der Waals surface area contributed by atoms with E-state index < -0.39 is 0 Å². The molecule has 0 aromatic carbocycles. The molecule has 0 saturated heterocycles. The van der Waals surface area contributed by atoms with Gasteiger partial charge >= 0.3 is 75.5 Å².